The fourth-order valence-corrected chi connectivity index (χ4v) is 1.55. The summed E-state index contributed by atoms with van der Waals surface area (Å²) in [5.74, 6) is 0.529. The minimum absolute atomic E-state index is 0.0573. The number of ether oxygens (including phenoxy) is 2. The van der Waals surface area contributed by atoms with Crippen LogP contribution < -0.4 is 4.74 Å². The summed E-state index contributed by atoms with van der Waals surface area (Å²) in [7, 11) is 0. The molecule has 0 atom stereocenters. The lowest BCUT2D eigenvalue weighted by Gasteiger charge is -2.06. The van der Waals surface area contributed by atoms with Crippen molar-refractivity contribution in [3.8, 4) is 17.1 Å². The lowest BCUT2D eigenvalue weighted by Crippen LogP contribution is -2.11. The normalized spacial score (nSPS) is 10.0. The molecule has 0 radical (unpaired) electrons. The molecular formula is C13H11ClN2O3. The maximum absolute atomic E-state index is 11.2. The van der Waals surface area contributed by atoms with E-state index in [2.05, 4.69) is 14.7 Å². The molecule has 98 valence electrons. The summed E-state index contributed by atoms with van der Waals surface area (Å²) in [4.78, 5) is 19.3. The fourth-order valence-electron chi connectivity index (χ4n) is 1.38. The number of hydrogen-bond acceptors (Lipinski definition) is 5. The summed E-state index contributed by atoms with van der Waals surface area (Å²) in [5, 5.41) is 0.0573. The van der Waals surface area contributed by atoms with E-state index in [1.807, 2.05) is 30.3 Å². The topological polar surface area (TPSA) is 61.3 Å². The average molecular weight is 279 g/mol. The molecule has 0 amide bonds. The lowest BCUT2D eigenvalue weighted by molar-refractivity contribution is 0.104. The molecule has 1 aromatic carbocycles. The Morgan fingerprint density at radius 1 is 1.32 bits per heavy atom. The van der Waals surface area contributed by atoms with E-state index in [0.717, 1.165) is 5.56 Å². The van der Waals surface area contributed by atoms with Gasteiger partial charge in [0, 0.05) is 5.56 Å². The Morgan fingerprint density at radius 2 is 2.05 bits per heavy atom. The van der Waals surface area contributed by atoms with Crippen molar-refractivity contribution in [2.45, 2.75) is 6.92 Å². The van der Waals surface area contributed by atoms with E-state index in [1.165, 1.54) is 6.20 Å². The molecule has 0 saturated carbocycles. The highest BCUT2D eigenvalue weighted by Crippen LogP contribution is 2.24. The van der Waals surface area contributed by atoms with Gasteiger partial charge in [0.05, 0.1) is 12.8 Å². The van der Waals surface area contributed by atoms with E-state index in [9.17, 15) is 4.79 Å². The summed E-state index contributed by atoms with van der Waals surface area (Å²) in [6, 6.07) is 9.35. The second-order valence-corrected chi connectivity index (χ2v) is 3.86. The Hall–Kier alpha value is -2.14. The van der Waals surface area contributed by atoms with Gasteiger partial charge >= 0.3 is 6.16 Å². The van der Waals surface area contributed by atoms with Gasteiger partial charge in [-0.25, -0.2) is 14.8 Å². The largest absolute Gasteiger partial charge is 0.513 e. The summed E-state index contributed by atoms with van der Waals surface area (Å²) < 4.78 is 9.50. The minimum atomic E-state index is -0.833. The van der Waals surface area contributed by atoms with Crippen LogP contribution >= 0.6 is 11.6 Å². The number of nitrogens with zero attached hydrogens (tertiary/aromatic N) is 2. The number of rotatable bonds is 3. The summed E-state index contributed by atoms with van der Waals surface area (Å²) >= 11 is 5.94. The van der Waals surface area contributed by atoms with E-state index in [0.29, 0.717) is 5.82 Å². The third-order valence-electron chi connectivity index (χ3n) is 2.20. The van der Waals surface area contributed by atoms with Gasteiger partial charge < -0.3 is 9.47 Å². The number of hydrogen-bond donors (Lipinski definition) is 0. The molecule has 0 spiro atoms. The first-order valence-corrected chi connectivity index (χ1v) is 6.01. The van der Waals surface area contributed by atoms with Gasteiger partial charge in [-0.1, -0.05) is 41.9 Å². The Balaban J connectivity index is 2.20. The van der Waals surface area contributed by atoms with Gasteiger partial charge in [-0.15, -0.1) is 0 Å². The quantitative estimate of drug-likeness (QED) is 0.636. The minimum Gasteiger partial charge on any atom is -0.434 e. The molecule has 2 rings (SSSR count). The highest BCUT2D eigenvalue weighted by molar-refractivity contribution is 6.31. The highest BCUT2D eigenvalue weighted by Gasteiger charge is 2.12. The van der Waals surface area contributed by atoms with Gasteiger partial charge in [0.1, 0.15) is 0 Å². The smallest absolute Gasteiger partial charge is 0.434 e. The van der Waals surface area contributed by atoms with Crippen LogP contribution in [0.2, 0.25) is 5.15 Å². The average Bonchev–Trinajstić information content (AvgIpc) is 2.42. The molecule has 0 aliphatic rings. The number of carbonyl (C=O) groups excluding carboxylic acids is 1. The molecule has 1 aromatic heterocycles. The van der Waals surface area contributed by atoms with Crippen molar-refractivity contribution >= 4 is 17.8 Å². The van der Waals surface area contributed by atoms with Crippen molar-refractivity contribution in [3.63, 3.8) is 0 Å². The van der Waals surface area contributed by atoms with E-state index in [4.69, 9.17) is 16.3 Å². The lowest BCUT2D eigenvalue weighted by atomic mass is 10.2. The molecule has 2 aromatic rings. The highest BCUT2D eigenvalue weighted by atomic mass is 35.5. The van der Waals surface area contributed by atoms with Crippen LogP contribution in [0.3, 0.4) is 0 Å². The molecule has 6 heteroatoms. The van der Waals surface area contributed by atoms with Crippen LogP contribution in [-0.2, 0) is 4.74 Å². The van der Waals surface area contributed by atoms with Gasteiger partial charge in [-0.05, 0) is 6.92 Å². The Bertz CT molecular complexity index is 575. The first kappa shape index (κ1) is 13.3. The molecule has 1 heterocycles. The second kappa shape index (κ2) is 6.15. The van der Waals surface area contributed by atoms with Gasteiger partial charge in [-0.3, -0.25) is 0 Å². The van der Waals surface area contributed by atoms with E-state index < -0.39 is 6.16 Å². The predicted octanol–water partition coefficient (Wildman–Crippen LogP) is 3.33. The first-order chi connectivity index (χ1) is 9.20. The van der Waals surface area contributed by atoms with Crippen LogP contribution in [0.25, 0.3) is 11.4 Å². The van der Waals surface area contributed by atoms with Gasteiger partial charge in [-0.2, -0.15) is 0 Å². The van der Waals surface area contributed by atoms with Crippen molar-refractivity contribution in [2.75, 3.05) is 6.61 Å². The molecule has 0 N–H and O–H groups in total. The van der Waals surface area contributed by atoms with Gasteiger partial charge in [0.25, 0.3) is 0 Å². The van der Waals surface area contributed by atoms with Crippen molar-refractivity contribution in [1.82, 2.24) is 9.97 Å². The van der Waals surface area contributed by atoms with Crippen molar-refractivity contribution in [2.24, 2.45) is 0 Å². The predicted molar refractivity (Wildman–Crippen MR) is 70.1 cm³/mol. The molecule has 0 aliphatic heterocycles. The van der Waals surface area contributed by atoms with Crippen LogP contribution in [0.1, 0.15) is 6.92 Å². The van der Waals surface area contributed by atoms with Crippen molar-refractivity contribution < 1.29 is 14.3 Å². The van der Waals surface area contributed by atoms with E-state index in [1.54, 1.807) is 6.92 Å². The van der Waals surface area contributed by atoms with E-state index >= 15 is 0 Å². The molecule has 5 nitrogen and oxygen atoms in total. The van der Waals surface area contributed by atoms with Gasteiger partial charge in [0.15, 0.2) is 16.7 Å². The van der Waals surface area contributed by atoms with E-state index in [-0.39, 0.29) is 17.5 Å². The van der Waals surface area contributed by atoms with Crippen LogP contribution in [0.15, 0.2) is 36.5 Å². The Labute approximate surface area is 115 Å². The monoisotopic (exact) mass is 278 g/mol. The van der Waals surface area contributed by atoms with Crippen LogP contribution in [0, 0.1) is 0 Å². The Morgan fingerprint density at radius 3 is 2.68 bits per heavy atom. The molecular weight excluding hydrogens is 268 g/mol. The van der Waals surface area contributed by atoms with Gasteiger partial charge in [0.2, 0.25) is 0 Å². The zero-order valence-corrected chi connectivity index (χ0v) is 10.9. The molecule has 0 aliphatic carbocycles. The zero-order chi connectivity index (χ0) is 13.7. The van der Waals surface area contributed by atoms with Crippen LogP contribution in [0.4, 0.5) is 4.79 Å². The SMILES string of the molecule is CCOC(=O)Oc1cnc(-c2ccccc2)nc1Cl. The number of aromatic nitrogens is 2. The maximum Gasteiger partial charge on any atom is 0.513 e. The van der Waals surface area contributed by atoms with Crippen LogP contribution in [0.5, 0.6) is 5.75 Å². The summed E-state index contributed by atoms with van der Waals surface area (Å²) in [6.07, 6.45) is 0.509. The van der Waals surface area contributed by atoms with Crippen molar-refractivity contribution in [1.29, 1.82) is 0 Å². The first-order valence-electron chi connectivity index (χ1n) is 5.63. The molecule has 0 bridgehead atoms. The number of benzene rings is 1. The molecule has 19 heavy (non-hydrogen) atoms. The third kappa shape index (κ3) is 3.42. The molecule has 0 fully saturated rings. The number of halogens is 1. The zero-order valence-electron chi connectivity index (χ0n) is 10.2. The molecule has 0 saturated heterocycles. The second-order valence-electron chi connectivity index (χ2n) is 3.50. The maximum atomic E-state index is 11.2. The standard InChI is InChI=1S/C13H11ClN2O3/c1-2-18-13(17)19-10-8-15-12(16-11(10)14)9-6-4-3-5-7-9/h3-8H,2H2,1H3. The summed E-state index contributed by atoms with van der Waals surface area (Å²) in [6.45, 7) is 1.90. The summed E-state index contributed by atoms with van der Waals surface area (Å²) in [5.41, 5.74) is 0.826. The third-order valence-corrected chi connectivity index (χ3v) is 2.47. The van der Waals surface area contributed by atoms with Crippen LogP contribution in [-0.4, -0.2) is 22.7 Å². The Kier molecular flexibility index (Phi) is 4.30. The fraction of sp³-hybridized carbons (Fsp3) is 0.154. The van der Waals surface area contributed by atoms with Crippen molar-refractivity contribution in [3.05, 3.63) is 41.7 Å². The molecule has 0 unspecified atom stereocenters. The number of carbonyl (C=O) groups is 1.